The van der Waals surface area contributed by atoms with Crippen LogP contribution in [-0.4, -0.2) is 78.0 Å². The van der Waals surface area contributed by atoms with Gasteiger partial charge in [-0.25, -0.2) is 4.79 Å². The summed E-state index contributed by atoms with van der Waals surface area (Å²) in [7, 11) is 0. The second-order valence-electron chi connectivity index (χ2n) is 4.47. The van der Waals surface area contributed by atoms with Gasteiger partial charge in [-0.2, -0.15) is 0 Å². The number of ether oxygens (including phenoxy) is 1. The summed E-state index contributed by atoms with van der Waals surface area (Å²) in [6.07, 6.45) is -0.433. The topological polar surface area (TPSA) is 128 Å². The van der Waals surface area contributed by atoms with Crippen LogP contribution in [0.5, 0.6) is 0 Å². The van der Waals surface area contributed by atoms with Crippen LogP contribution in [0, 0.1) is 0 Å². The van der Waals surface area contributed by atoms with Crippen LogP contribution < -0.4 is 10.6 Å². The maximum Gasteiger partial charge on any atom is 0.322 e. The number of aliphatic hydroxyl groups excluding tert-OH is 1. The van der Waals surface area contributed by atoms with Crippen LogP contribution >= 0.6 is 0 Å². The van der Waals surface area contributed by atoms with Crippen LogP contribution in [0.1, 0.15) is 6.92 Å². The number of carboxylic acid groups (broad SMARTS) is 1. The summed E-state index contributed by atoms with van der Waals surface area (Å²) in [5.41, 5.74) is 0. The highest BCUT2D eigenvalue weighted by Gasteiger charge is 2.29. The van der Waals surface area contributed by atoms with Crippen molar-refractivity contribution >= 4 is 17.9 Å². The van der Waals surface area contributed by atoms with E-state index in [1.807, 2.05) is 0 Å². The van der Waals surface area contributed by atoms with Gasteiger partial charge in [0.1, 0.15) is 6.54 Å². The number of urea groups is 1. The van der Waals surface area contributed by atoms with Crippen molar-refractivity contribution in [2.24, 2.45) is 0 Å². The van der Waals surface area contributed by atoms with Crippen LogP contribution in [0.2, 0.25) is 0 Å². The molecule has 20 heavy (non-hydrogen) atoms. The molecule has 1 aliphatic heterocycles. The molecule has 3 amide bonds. The minimum Gasteiger partial charge on any atom is -0.480 e. The number of morpholine rings is 1. The standard InChI is InChI=1S/C11H19N3O6/c1-7-6-20-8(5-15)4-14(7)11(19)13-2-9(16)12-3-10(17)18/h7-8,15H,2-6H2,1H3,(H,12,16)(H,13,19)(H,17,18). The minimum atomic E-state index is -1.16. The number of nitrogens with zero attached hydrogens (tertiary/aromatic N) is 1. The highest BCUT2D eigenvalue weighted by molar-refractivity contribution is 5.86. The first-order valence-corrected chi connectivity index (χ1v) is 6.19. The second-order valence-corrected chi connectivity index (χ2v) is 4.47. The normalized spacial score (nSPS) is 22.2. The highest BCUT2D eigenvalue weighted by Crippen LogP contribution is 2.11. The molecule has 0 aromatic heterocycles. The zero-order valence-electron chi connectivity index (χ0n) is 11.2. The summed E-state index contributed by atoms with van der Waals surface area (Å²) < 4.78 is 5.29. The summed E-state index contributed by atoms with van der Waals surface area (Å²) in [6, 6.07) is -0.621. The van der Waals surface area contributed by atoms with Gasteiger partial charge in [-0.05, 0) is 6.92 Å². The van der Waals surface area contributed by atoms with Gasteiger partial charge < -0.3 is 30.5 Å². The quantitative estimate of drug-likeness (QED) is 0.462. The van der Waals surface area contributed by atoms with Gasteiger partial charge in [-0.3, -0.25) is 9.59 Å². The predicted octanol–water partition coefficient (Wildman–Crippen LogP) is -2.02. The molecule has 0 spiro atoms. The smallest absolute Gasteiger partial charge is 0.322 e. The van der Waals surface area contributed by atoms with Crippen LogP contribution in [0.25, 0.3) is 0 Å². The van der Waals surface area contributed by atoms with Gasteiger partial charge >= 0.3 is 12.0 Å². The van der Waals surface area contributed by atoms with E-state index in [2.05, 4.69) is 10.6 Å². The van der Waals surface area contributed by atoms with E-state index < -0.39 is 30.6 Å². The third-order valence-corrected chi connectivity index (χ3v) is 2.81. The number of carbonyl (C=O) groups is 3. The van der Waals surface area contributed by atoms with E-state index >= 15 is 0 Å². The number of aliphatic hydroxyl groups is 1. The molecule has 1 rings (SSSR count). The summed E-state index contributed by atoms with van der Waals surface area (Å²) in [6.45, 7) is 1.35. The average Bonchev–Trinajstić information content (AvgIpc) is 2.43. The number of rotatable bonds is 5. The van der Waals surface area contributed by atoms with E-state index in [1.54, 1.807) is 6.92 Å². The first kappa shape index (κ1) is 16.2. The Bertz CT molecular complexity index is 375. The Morgan fingerprint density at radius 3 is 2.60 bits per heavy atom. The lowest BCUT2D eigenvalue weighted by Crippen LogP contribution is -2.56. The Balaban J connectivity index is 2.37. The van der Waals surface area contributed by atoms with Gasteiger partial charge in [0.25, 0.3) is 0 Å². The van der Waals surface area contributed by atoms with Crippen molar-refractivity contribution in [1.82, 2.24) is 15.5 Å². The summed E-state index contributed by atoms with van der Waals surface area (Å²) in [4.78, 5) is 34.9. The van der Waals surface area contributed by atoms with Crippen molar-refractivity contribution in [1.29, 1.82) is 0 Å². The van der Waals surface area contributed by atoms with E-state index in [1.165, 1.54) is 4.90 Å². The number of amides is 3. The molecule has 0 bridgehead atoms. The molecule has 114 valence electrons. The molecule has 1 aliphatic rings. The van der Waals surface area contributed by atoms with Gasteiger partial charge in [0, 0.05) is 0 Å². The molecule has 0 saturated carbocycles. The molecule has 9 nitrogen and oxygen atoms in total. The molecule has 0 aromatic carbocycles. The van der Waals surface area contributed by atoms with Crippen molar-refractivity contribution in [3.8, 4) is 0 Å². The van der Waals surface area contributed by atoms with E-state index in [9.17, 15) is 14.4 Å². The molecular formula is C11H19N3O6. The second kappa shape index (κ2) is 7.65. The fourth-order valence-corrected chi connectivity index (χ4v) is 1.70. The van der Waals surface area contributed by atoms with Gasteiger partial charge in [0.05, 0.1) is 38.4 Å². The Morgan fingerprint density at radius 1 is 1.30 bits per heavy atom. The maximum absolute atomic E-state index is 11.9. The molecule has 9 heteroatoms. The van der Waals surface area contributed by atoms with Crippen molar-refractivity contribution in [2.45, 2.75) is 19.1 Å². The number of hydrogen-bond donors (Lipinski definition) is 4. The summed E-state index contributed by atoms with van der Waals surface area (Å²) >= 11 is 0. The zero-order chi connectivity index (χ0) is 15.1. The fourth-order valence-electron chi connectivity index (χ4n) is 1.70. The highest BCUT2D eigenvalue weighted by atomic mass is 16.5. The largest absolute Gasteiger partial charge is 0.480 e. The molecule has 1 saturated heterocycles. The molecule has 2 unspecified atom stereocenters. The number of carbonyl (C=O) groups excluding carboxylic acids is 2. The van der Waals surface area contributed by atoms with Gasteiger partial charge in [-0.15, -0.1) is 0 Å². The van der Waals surface area contributed by atoms with Crippen molar-refractivity contribution in [3.05, 3.63) is 0 Å². The Kier molecular flexibility index (Phi) is 6.19. The third-order valence-electron chi connectivity index (χ3n) is 2.81. The average molecular weight is 289 g/mol. The maximum atomic E-state index is 11.9. The summed E-state index contributed by atoms with van der Waals surface area (Å²) in [5.74, 6) is -1.74. The van der Waals surface area contributed by atoms with Crippen molar-refractivity contribution in [2.75, 3.05) is 32.8 Å². The van der Waals surface area contributed by atoms with E-state index in [0.29, 0.717) is 6.61 Å². The monoisotopic (exact) mass is 289 g/mol. The first-order chi connectivity index (χ1) is 9.43. The minimum absolute atomic E-state index is 0.167. The number of hydrogen-bond acceptors (Lipinski definition) is 5. The molecule has 1 fully saturated rings. The van der Waals surface area contributed by atoms with Crippen molar-refractivity contribution in [3.63, 3.8) is 0 Å². The van der Waals surface area contributed by atoms with Gasteiger partial charge in [0.15, 0.2) is 0 Å². The van der Waals surface area contributed by atoms with Crippen LogP contribution in [0.3, 0.4) is 0 Å². The van der Waals surface area contributed by atoms with Crippen LogP contribution in [-0.2, 0) is 14.3 Å². The Morgan fingerprint density at radius 2 is 2.00 bits per heavy atom. The molecule has 0 aliphatic carbocycles. The molecule has 2 atom stereocenters. The number of nitrogens with one attached hydrogen (secondary N) is 2. The van der Waals surface area contributed by atoms with E-state index in [0.717, 1.165) is 0 Å². The van der Waals surface area contributed by atoms with E-state index in [-0.39, 0.29) is 25.7 Å². The third kappa shape index (κ3) is 5.02. The van der Waals surface area contributed by atoms with E-state index in [4.69, 9.17) is 14.9 Å². The van der Waals surface area contributed by atoms with Gasteiger partial charge in [-0.1, -0.05) is 0 Å². The zero-order valence-corrected chi connectivity index (χ0v) is 11.2. The molecule has 4 N–H and O–H groups in total. The lowest BCUT2D eigenvalue weighted by Gasteiger charge is -2.37. The van der Waals surface area contributed by atoms with Crippen LogP contribution in [0.15, 0.2) is 0 Å². The lowest BCUT2D eigenvalue weighted by atomic mass is 10.2. The van der Waals surface area contributed by atoms with Crippen molar-refractivity contribution < 1.29 is 29.3 Å². The predicted molar refractivity (Wildman–Crippen MR) is 67.0 cm³/mol. The van der Waals surface area contributed by atoms with Crippen LogP contribution in [0.4, 0.5) is 4.79 Å². The van der Waals surface area contributed by atoms with Gasteiger partial charge in [0.2, 0.25) is 5.91 Å². The number of aliphatic carboxylic acids is 1. The Labute approximate surface area is 115 Å². The fraction of sp³-hybridized carbons (Fsp3) is 0.727. The SMILES string of the molecule is CC1COC(CO)CN1C(=O)NCC(=O)NCC(=O)O. The molecular weight excluding hydrogens is 270 g/mol. The number of carboxylic acids is 1. The first-order valence-electron chi connectivity index (χ1n) is 6.19. The Hall–Kier alpha value is -1.87. The molecule has 1 heterocycles. The summed E-state index contributed by atoms with van der Waals surface area (Å²) in [5, 5.41) is 21.9. The molecule has 0 radical (unpaired) electrons. The lowest BCUT2D eigenvalue weighted by molar-refractivity contribution is -0.137. The molecule has 0 aromatic rings.